The molecule has 0 amide bonds. The van der Waals surface area contributed by atoms with Crippen LogP contribution < -0.4 is 4.74 Å². The number of rotatable bonds is 2. The number of aromatic nitrogens is 1. The Hall–Kier alpha value is -1.65. The van der Waals surface area contributed by atoms with Crippen LogP contribution in [-0.4, -0.2) is 21.2 Å². The van der Waals surface area contributed by atoms with Crippen molar-refractivity contribution in [1.29, 1.82) is 0 Å². The van der Waals surface area contributed by atoms with Gasteiger partial charge in [0.05, 0.1) is 5.92 Å². The number of esters is 1. The average Bonchev–Trinajstić information content (AvgIpc) is 2.59. The predicted octanol–water partition coefficient (Wildman–Crippen LogP) is 1.91. The fraction of sp³-hybridized carbons (Fsp3) is 0.545. The second kappa shape index (κ2) is 4.47. The highest BCUT2D eigenvalue weighted by atomic mass is 16.5. The number of hydrogen-bond acceptors (Lipinski definition) is 4. The maximum absolute atomic E-state index is 11.7. The summed E-state index contributed by atoms with van der Waals surface area (Å²) >= 11 is 0. The van der Waals surface area contributed by atoms with Crippen LogP contribution in [0.5, 0.6) is 17.5 Å². The Morgan fingerprint density at radius 2 is 2.00 bits per heavy atom. The van der Waals surface area contributed by atoms with Crippen molar-refractivity contribution in [3.05, 3.63) is 6.07 Å². The highest BCUT2D eigenvalue weighted by Crippen LogP contribution is 2.32. The van der Waals surface area contributed by atoms with E-state index < -0.39 is 0 Å². The molecule has 0 atom stereocenters. The summed E-state index contributed by atoms with van der Waals surface area (Å²) in [7, 11) is 0. The first-order valence-electron chi connectivity index (χ1n) is 5.49. The van der Waals surface area contributed by atoms with E-state index in [1.807, 2.05) is 0 Å². The zero-order valence-electron chi connectivity index (χ0n) is 8.90. The van der Waals surface area contributed by atoms with Crippen molar-refractivity contribution in [1.82, 2.24) is 4.98 Å². The molecule has 0 aromatic carbocycles. The van der Waals surface area contributed by atoms with Crippen LogP contribution in [0.4, 0.5) is 0 Å². The van der Waals surface area contributed by atoms with Crippen LogP contribution in [0.1, 0.15) is 32.1 Å². The molecule has 88 valence electrons. The molecule has 5 heteroatoms. The molecule has 2 rings (SSSR count). The topological polar surface area (TPSA) is 82.5 Å². The Labute approximate surface area is 93.1 Å². The monoisotopic (exact) mass is 225 g/mol. The SMILES string of the molecule is O=C(Oc1cc(O)[nH]c1O)C1CCCCC1. The van der Waals surface area contributed by atoms with Gasteiger partial charge in [-0.15, -0.1) is 0 Å². The zero-order chi connectivity index (χ0) is 11.5. The van der Waals surface area contributed by atoms with Gasteiger partial charge in [-0.25, -0.2) is 0 Å². The minimum Gasteiger partial charge on any atom is -0.494 e. The lowest BCUT2D eigenvalue weighted by atomic mass is 9.89. The Morgan fingerprint density at radius 3 is 2.56 bits per heavy atom. The Kier molecular flexibility index (Phi) is 3.03. The minimum absolute atomic E-state index is 0.00641. The van der Waals surface area contributed by atoms with Crippen molar-refractivity contribution < 1.29 is 19.7 Å². The van der Waals surface area contributed by atoms with Crippen molar-refractivity contribution in [3.63, 3.8) is 0 Å². The summed E-state index contributed by atoms with van der Waals surface area (Å²) in [6.45, 7) is 0. The maximum Gasteiger partial charge on any atom is 0.314 e. The van der Waals surface area contributed by atoms with Crippen LogP contribution in [0.25, 0.3) is 0 Å². The molecule has 1 aromatic rings. The first-order chi connectivity index (χ1) is 7.66. The molecular formula is C11H15NO4. The number of nitrogens with one attached hydrogen (secondary N) is 1. The van der Waals surface area contributed by atoms with Crippen molar-refractivity contribution in [2.45, 2.75) is 32.1 Å². The molecule has 1 saturated carbocycles. The Bertz CT molecular complexity index is 379. The number of hydrogen-bond donors (Lipinski definition) is 3. The molecule has 1 fully saturated rings. The van der Waals surface area contributed by atoms with Gasteiger partial charge in [0, 0.05) is 6.07 Å². The van der Waals surface area contributed by atoms with Crippen LogP contribution in [-0.2, 0) is 4.79 Å². The van der Waals surface area contributed by atoms with Gasteiger partial charge >= 0.3 is 5.97 Å². The molecule has 1 heterocycles. The lowest BCUT2D eigenvalue weighted by Crippen LogP contribution is -2.22. The van der Waals surface area contributed by atoms with E-state index in [0.717, 1.165) is 25.7 Å². The van der Waals surface area contributed by atoms with Gasteiger partial charge < -0.3 is 14.9 Å². The fourth-order valence-electron chi connectivity index (χ4n) is 2.02. The first-order valence-corrected chi connectivity index (χ1v) is 5.49. The highest BCUT2D eigenvalue weighted by molar-refractivity contribution is 5.75. The summed E-state index contributed by atoms with van der Waals surface area (Å²) in [5.74, 6) is -0.946. The second-order valence-corrected chi connectivity index (χ2v) is 4.12. The van der Waals surface area contributed by atoms with E-state index >= 15 is 0 Å². The van der Waals surface area contributed by atoms with E-state index in [1.54, 1.807) is 0 Å². The van der Waals surface area contributed by atoms with Crippen molar-refractivity contribution >= 4 is 5.97 Å². The van der Waals surface area contributed by atoms with Gasteiger partial charge in [0.2, 0.25) is 5.88 Å². The molecule has 0 unspecified atom stereocenters. The smallest absolute Gasteiger partial charge is 0.314 e. The zero-order valence-corrected chi connectivity index (χ0v) is 8.90. The summed E-state index contributed by atoms with van der Waals surface area (Å²) in [6, 6.07) is 1.19. The van der Waals surface area contributed by atoms with E-state index in [4.69, 9.17) is 9.84 Å². The number of carbonyl (C=O) groups excluding carboxylic acids is 1. The van der Waals surface area contributed by atoms with E-state index in [1.165, 1.54) is 12.5 Å². The van der Waals surface area contributed by atoms with Crippen LogP contribution >= 0.6 is 0 Å². The minimum atomic E-state index is -0.325. The van der Waals surface area contributed by atoms with Gasteiger partial charge in [0.15, 0.2) is 11.6 Å². The molecule has 1 aliphatic rings. The summed E-state index contributed by atoms with van der Waals surface area (Å²) in [5, 5.41) is 18.3. The average molecular weight is 225 g/mol. The second-order valence-electron chi connectivity index (χ2n) is 4.12. The van der Waals surface area contributed by atoms with Gasteiger partial charge in [-0.3, -0.25) is 9.78 Å². The molecule has 1 aromatic heterocycles. The first kappa shape index (κ1) is 10.9. The van der Waals surface area contributed by atoms with Gasteiger partial charge in [-0.1, -0.05) is 19.3 Å². The number of carbonyl (C=O) groups is 1. The predicted molar refractivity (Wildman–Crippen MR) is 56.3 cm³/mol. The van der Waals surface area contributed by atoms with Gasteiger partial charge in [-0.05, 0) is 12.8 Å². The third-order valence-corrected chi connectivity index (χ3v) is 2.90. The molecule has 0 radical (unpaired) electrons. The molecule has 5 nitrogen and oxygen atoms in total. The van der Waals surface area contributed by atoms with E-state index in [-0.39, 0.29) is 29.4 Å². The molecule has 0 spiro atoms. The molecule has 0 aliphatic heterocycles. The number of ether oxygens (including phenoxy) is 1. The third-order valence-electron chi connectivity index (χ3n) is 2.90. The summed E-state index contributed by atoms with van der Waals surface area (Å²) in [6.07, 6.45) is 4.94. The normalized spacial score (nSPS) is 17.2. The maximum atomic E-state index is 11.7. The van der Waals surface area contributed by atoms with Crippen LogP contribution in [0.15, 0.2) is 6.07 Å². The van der Waals surface area contributed by atoms with Crippen molar-refractivity contribution in [2.75, 3.05) is 0 Å². The van der Waals surface area contributed by atoms with Gasteiger partial charge in [-0.2, -0.15) is 0 Å². The largest absolute Gasteiger partial charge is 0.494 e. The molecule has 0 bridgehead atoms. The van der Waals surface area contributed by atoms with Crippen LogP contribution in [0.2, 0.25) is 0 Å². The van der Waals surface area contributed by atoms with Crippen LogP contribution in [0.3, 0.4) is 0 Å². The standard InChI is InChI=1S/C11H15NO4/c13-9-6-8(10(14)12-9)16-11(15)7-4-2-1-3-5-7/h6-7,12-14H,1-5H2. The summed E-state index contributed by atoms with van der Waals surface area (Å²) in [4.78, 5) is 13.9. The van der Waals surface area contributed by atoms with E-state index in [2.05, 4.69) is 4.98 Å². The van der Waals surface area contributed by atoms with Gasteiger partial charge in [0.25, 0.3) is 0 Å². The molecule has 1 aliphatic carbocycles. The number of H-pyrrole nitrogens is 1. The van der Waals surface area contributed by atoms with Crippen LogP contribution in [0, 0.1) is 5.92 Å². The van der Waals surface area contributed by atoms with Crippen molar-refractivity contribution in [3.8, 4) is 17.5 Å². The molecular weight excluding hydrogens is 210 g/mol. The highest BCUT2D eigenvalue weighted by Gasteiger charge is 2.24. The lowest BCUT2D eigenvalue weighted by Gasteiger charge is -2.19. The number of aromatic hydroxyl groups is 2. The quantitative estimate of drug-likeness (QED) is 0.671. The summed E-state index contributed by atoms with van der Waals surface area (Å²) in [5.41, 5.74) is 0. The Morgan fingerprint density at radius 1 is 1.31 bits per heavy atom. The fourth-order valence-corrected chi connectivity index (χ4v) is 2.02. The van der Waals surface area contributed by atoms with E-state index in [0.29, 0.717) is 0 Å². The number of aromatic amines is 1. The van der Waals surface area contributed by atoms with Gasteiger partial charge in [0.1, 0.15) is 0 Å². The molecule has 3 N–H and O–H groups in total. The van der Waals surface area contributed by atoms with Crippen molar-refractivity contribution in [2.24, 2.45) is 5.92 Å². The molecule has 0 saturated heterocycles. The van der Waals surface area contributed by atoms with E-state index in [9.17, 15) is 9.90 Å². The Balaban J connectivity index is 1.98. The summed E-state index contributed by atoms with van der Waals surface area (Å²) < 4.78 is 5.03. The third kappa shape index (κ3) is 2.29. The lowest BCUT2D eigenvalue weighted by molar-refractivity contribution is -0.140. The molecule has 16 heavy (non-hydrogen) atoms.